The van der Waals surface area contributed by atoms with Crippen LogP contribution in [-0.4, -0.2) is 18.5 Å². The SMILES string of the molecule is CCCC(CCCl)CNC1CCCCCC1. The monoisotopic (exact) mass is 245 g/mol. The quantitative estimate of drug-likeness (QED) is 0.520. The summed E-state index contributed by atoms with van der Waals surface area (Å²) in [6.07, 6.45) is 12.3. The van der Waals surface area contributed by atoms with Gasteiger partial charge in [-0.3, -0.25) is 0 Å². The van der Waals surface area contributed by atoms with Crippen LogP contribution in [0.4, 0.5) is 0 Å². The van der Waals surface area contributed by atoms with E-state index in [1.54, 1.807) is 0 Å². The summed E-state index contributed by atoms with van der Waals surface area (Å²) < 4.78 is 0. The van der Waals surface area contributed by atoms with Gasteiger partial charge in [-0.25, -0.2) is 0 Å². The molecule has 1 unspecified atom stereocenters. The van der Waals surface area contributed by atoms with E-state index < -0.39 is 0 Å². The first kappa shape index (κ1) is 14.3. The Morgan fingerprint density at radius 1 is 1.12 bits per heavy atom. The maximum Gasteiger partial charge on any atom is 0.0226 e. The van der Waals surface area contributed by atoms with Gasteiger partial charge >= 0.3 is 0 Å². The van der Waals surface area contributed by atoms with E-state index in [2.05, 4.69) is 12.2 Å². The molecule has 1 N–H and O–H groups in total. The maximum absolute atomic E-state index is 5.85. The third-order valence-corrected chi connectivity index (χ3v) is 3.98. The van der Waals surface area contributed by atoms with Crippen molar-refractivity contribution in [3.05, 3.63) is 0 Å². The molecule has 1 nitrogen and oxygen atoms in total. The van der Waals surface area contributed by atoms with E-state index in [4.69, 9.17) is 11.6 Å². The fourth-order valence-electron chi connectivity index (χ4n) is 2.73. The summed E-state index contributed by atoms with van der Waals surface area (Å²) in [5, 5.41) is 3.77. The van der Waals surface area contributed by atoms with Gasteiger partial charge in [0, 0.05) is 11.9 Å². The van der Waals surface area contributed by atoms with Crippen molar-refractivity contribution in [3.8, 4) is 0 Å². The van der Waals surface area contributed by atoms with Crippen molar-refractivity contribution in [2.75, 3.05) is 12.4 Å². The van der Waals surface area contributed by atoms with Crippen molar-refractivity contribution in [3.63, 3.8) is 0 Å². The molecule has 0 spiro atoms. The van der Waals surface area contributed by atoms with Crippen molar-refractivity contribution < 1.29 is 0 Å². The number of halogens is 1. The minimum absolute atomic E-state index is 0.789. The second-order valence-corrected chi connectivity index (χ2v) is 5.61. The number of nitrogens with one attached hydrogen (secondary N) is 1. The predicted octanol–water partition coefficient (Wildman–Crippen LogP) is 4.34. The van der Waals surface area contributed by atoms with Crippen molar-refractivity contribution in [2.45, 2.75) is 70.8 Å². The lowest BCUT2D eigenvalue weighted by molar-refractivity contribution is 0.375. The lowest BCUT2D eigenvalue weighted by atomic mass is 9.99. The van der Waals surface area contributed by atoms with Gasteiger partial charge in [-0.2, -0.15) is 0 Å². The molecule has 1 aliphatic carbocycles. The first-order valence-electron chi connectivity index (χ1n) is 7.16. The van der Waals surface area contributed by atoms with Gasteiger partial charge in [0.2, 0.25) is 0 Å². The summed E-state index contributed by atoms with van der Waals surface area (Å²) in [4.78, 5) is 0. The summed E-state index contributed by atoms with van der Waals surface area (Å²) >= 11 is 5.85. The molecule has 0 saturated heterocycles. The van der Waals surface area contributed by atoms with E-state index in [1.807, 2.05) is 0 Å². The van der Waals surface area contributed by atoms with Crippen LogP contribution in [-0.2, 0) is 0 Å². The molecule has 1 aliphatic rings. The molecule has 2 heteroatoms. The van der Waals surface area contributed by atoms with Gasteiger partial charge in [-0.15, -0.1) is 11.6 Å². The average molecular weight is 246 g/mol. The average Bonchev–Trinajstić information content (AvgIpc) is 2.55. The Labute approximate surface area is 106 Å². The largest absolute Gasteiger partial charge is 0.314 e. The molecule has 1 atom stereocenters. The number of alkyl halides is 1. The molecule has 16 heavy (non-hydrogen) atoms. The molecule has 0 aromatic rings. The van der Waals surface area contributed by atoms with Crippen LogP contribution >= 0.6 is 11.6 Å². The molecule has 96 valence electrons. The van der Waals surface area contributed by atoms with Gasteiger partial charge in [0.15, 0.2) is 0 Å². The zero-order valence-electron chi connectivity index (χ0n) is 10.8. The Morgan fingerprint density at radius 2 is 1.81 bits per heavy atom. The Morgan fingerprint density at radius 3 is 2.38 bits per heavy atom. The third kappa shape index (κ3) is 6.10. The molecule has 1 rings (SSSR count). The van der Waals surface area contributed by atoms with E-state index in [9.17, 15) is 0 Å². The van der Waals surface area contributed by atoms with Gasteiger partial charge in [0.05, 0.1) is 0 Å². The van der Waals surface area contributed by atoms with Crippen LogP contribution in [0.1, 0.15) is 64.7 Å². The predicted molar refractivity (Wildman–Crippen MR) is 73.2 cm³/mol. The van der Waals surface area contributed by atoms with Crippen LogP contribution < -0.4 is 5.32 Å². The van der Waals surface area contributed by atoms with E-state index in [0.717, 1.165) is 17.8 Å². The molecule has 0 aliphatic heterocycles. The van der Waals surface area contributed by atoms with Crippen molar-refractivity contribution in [1.29, 1.82) is 0 Å². The minimum atomic E-state index is 0.789. The number of hydrogen-bond acceptors (Lipinski definition) is 1. The Kier molecular flexibility index (Phi) is 8.32. The molecule has 0 bridgehead atoms. The minimum Gasteiger partial charge on any atom is -0.314 e. The Hall–Kier alpha value is 0.250. The van der Waals surface area contributed by atoms with E-state index >= 15 is 0 Å². The van der Waals surface area contributed by atoms with Crippen LogP contribution in [0.25, 0.3) is 0 Å². The highest BCUT2D eigenvalue weighted by molar-refractivity contribution is 6.17. The Bertz CT molecular complexity index is 145. The summed E-state index contributed by atoms with van der Waals surface area (Å²) in [7, 11) is 0. The second kappa shape index (κ2) is 9.30. The van der Waals surface area contributed by atoms with Gasteiger partial charge in [-0.1, -0.05) is 39.0 Å². The molecule has 1 fully saturated rings. The lowest BCUT2D eigenvalue weighted by Gasteiger charge is -2.21. The second-order valence-electron chi connectivity index (χ2n) is 5.23. The van der Waals surface area contributed by atoms with Crippen molar-refractivity contribution in [1.82, 2.24) is 5.32 Å². The van der Waals surface area contributed by atoms with E-state index in [-0.39, 0.29) is 0 Å². The van der Waals surface area contributed by atoms with Gasteiger partial charge in [0.1, 0.15) is 0 Å². The van der Waals surface area contributed by atoms with Gasteiger partial charge < -0.3 is 5.32 Å². The van der Waals surface area contributed by atoms with Crippen LogP contribution in [0.3, 0.4) is 0 Å². The molecule has 0 radical (unpaired) electrons. The summed E-state index contributed by atoms with van der Waals surface area (Å²) in [5.41, 5.74) is 0. The fourth-order valence-corrected chi connectivity index (χ4v) is 3.04. The summed E-state index contributed by atoms with van der Waals surface area (Å²) in [6.45, 7) is 3.46. The van der Waals surface area contributed by atoms with E-state index in [0.29, 0.717) is 0 Å². The molecule has 0 aromatic heterocycles. The van der Waals surface area contributed by atoms with Crippen molar-refractivity contribution >= 4 is 11.6 Å². The normalized spacial score (nSPS) is 20.6. The smallest absolute Gasteiger partial charge is 0.0226 e. The first-order valence-corrected chi connectivity index (χ1v) is 7.69. The summed E-state index contributed by atoms with van der Waals surface area (Å²) in [6, 6.07) is 0.789. The van der Waals surface area contributed by atoms with Crippen LogP contribution in [0.5, 0.6) is 0 Å². The first-order chi connectivity index (χ1) is 7.86. The maximum atomic E-state index is 5.85. The zero-order chi connectivity index (χ0) is 11.6. The van der Waals surface area contributed by atoms with Gasteiger partial charge in [0.25, 0.3) is 0 Å². The van der Waals surface area contributed by atoms with E-state index in [1.165, 1.54) is 64.3 Å². The number of hydrogen-bond donors (Lipinski definition) is 1. The topological polar surface area (TPSA) is 12.0 Å². The third-order valence-electron chi connectivity index (χ3n) is 3.76. The highest BCUT2D eigenvalue weighted by Crippen LogP contribution is 2.18. The molecule has 0 amide bonds. The molecule has 0 aromatic carbocycles. The molecule has 0 heterocycles. The zero-order valence-corrected chi connectivity index (χ0v) is 11.6. The Balaban J connectivity index is 2.18. The number of rotatable bonds is 7. The van der Waals surface area contributed by atoms with Crippen LogP contribution in [0, 0.1) is 5.92 Å². The lowest BCUT2D eigenvalue weighted by Crippen LogP contribution is -2.33. The van der Waals surface area contributed by atoms with Crippen LogP contribution in [0.15, 0.2) is 0 Å². The highest BCUT2D eigenvalue weighted by atomic mass is 35.5. The fraction of sp³-hybridized carbons (Fsp3) is 1.00. The van der Waals surface area contributed by atoms with Gasteiger partial charge in [-0.05, 0) is 38.1 Å². The highest BCUT2D eigenvalue weighted by Gasteiger charge is 2.13. The van der Waals surface area contributed by atoms with Crippen molar-refractivity contribution in [2.24, 2.45) is 5.92 Å². The summed E-state index contributed by atoms with van der Waals surface area (Å²) in [5.74, 6) is 1.61. The van der Waals surface area contributed by atoms with Crippen LogP contribution in [0.2, 0.25) is 0 Å². The molecular weight excluding hydrogens is 218 g/mol. The molecule has 1 saturated carbocycles. The standard InChI is InChI=1S/C14H28ClN/c1-2-7-13(10-11-15)12-16-14-8-5-3-4-6-9-14/h13-14,16H,2-12H2,1H3. The molecular formula is C14H28ClN.